The van der Waals surface area contributed by atoms with E-state index in [0.29, 0.717) is 0 Å². The Bertz CT molecular complexity index is 196. The molecule has 5 nitrogen and oxygen atoms in total. The summed E-state index contributed by atoms with van der Waals surface area (Å²) in [4.78, 5) is 0. The molecular weight excluding hydrogens is 305 g/mol. The Morgan fingerprint density at radius 3 is 0.800 bits per heavy atom. The van der Waals surface area contributed by atoms with Gasteiger partial charge in [0.1, 0.15) is 0 Å². The van der Waals surface area contributed by atoms with E-state index >= 15 is 0 Å². The average molecular weight is 307 g/mol. The van der Waals surface area contributed by atoms with Crippen LogP contribution in [0.5, 0.6) is 0 Å². The molecule has 0 fully saturated rings. The first-order chi connectivity index (χ1) is 2.24. The summed E-state index contributed by atoms with van der Waals surface area (Å²) >= 11 is -7.72. The zero-order valence-electron chi connectivity index (χ0n) is 4.39. The Kier molecular flexibility index (Phi) is 31.6. The second-order valence-electron chi connectivity index (χ2n) is 0.589. The van der Waals surface area contributed by atoms with Gasteiger partial charge in [0.25, 0.3) is 0 Å². The SMILES string of the molecule is [KH].[KH].[Na+].[Na+].[O]=[Ru](=[O])(=[O])([O-])[O-]. The molecule has 0 spiro atoms. The van der Waals surface area contributed by atoms with E-state index in [1.807, 2.05) is 0 Å². The first kappa shape index (κ1) is 29.5. The van der Waals surface area contributed by atoms with Crippen LogP contribution in [0.25, 0.3) is 0 Å². The Balaban J connectivity index is -0.0000000208. The maximum atomic E-state index is 8.64. The van der Waals surface area contributed by atoms with Gasteiger partial charge >= 0.3 is 195 Å². The zero-order valence-corrected chi connectivity index (χ0v) is 10.1. The van der Waals surface area contributed by atoms with Crippen molar-refractivity contribution in [3.05, 3.63) is 0 Å². The summed E-state index contributed by atoms with van der Waals surface area (Å²) in [5, 5.41) is 0. The molecule has 0 N–H and O–H groups in total. The summed E-state index contributed by atoms with van der Waals surface area (Å²) in [6.45, 7) is 0. The molecule has 0 aromatic heterocycles. The molecule has 0 unspecified atom stereocenters. The second-order valence-corrected chi connectivity index (χ2v) is 3.49. The van der Waals surface area contributed by atoms with Crippen LogP contribution in [-0.4, -0.2) is 103 Å². The van der Waals surface area contributed by atoms with Crippen molar-refractivity contribution < 1.29 is 91.9 Å². The van der Waals surface area contributed by atoms with E-state index in [2.05, 4.69) is 0 Å². The van der Waals surface area contributed by atoms with Gasteiger partial charge in [-0.25, -0.2) is 0 Å². The summed E-state index contributed by atoms with van der Waals surface area (Å²) in [6.07, 6.45) is 0. The zero-order chi connectivity index (χ0) is 5.45. The molecule has 0 aliphatic heterocycles. The third-order valence-electron chi connectivity index (χ3n) is 0. The molecule has 0 heterocycles. The fraction of sp³-hybridized carbons (Fsp3) is 0. The summed E-state index contributed by atoms with van der Waals surface area (Å²) in [5.41, 5.74) is 0. The quantitative estimate of drug-likeness (QED) is 0.414. The molecule has 0 aromatic carbocycles. The fourth-order valence-corrected chi connectivity index (χ4v) is 0. The van der Waals surface area contributed by atoms with E-state index in [1.165, 1.54) is 0 Å². The number of hydrogen-bond acceptors (Lipinski definition) is 5. The Labute approximate surface area is 188 Å². The average Bonchev–Trinajstić information content (AvgIpc) is 0.650. The predicted molar refractivity (Wildman–Crippen MR) is 16.4 cm³/mol. The van der Waals surface area contributed by atoms with Gasteiger partial charge in [-0.05, 0) is 0 Å². The van der Waals surface area contributed by atoms with Crippen molar-refractivity contribution in [2.24, 2.45) is 0 Å². The molecule has 10 heteroatoms. The molecular formula is H2K2Na2O5Ru. The fourth-order valence-electron chi connectivity index (χ4n) is 0. The van der Waals surface area contributed by atoms with E-state index in [1.54, 1.807) is 0 Å². The Hall–Kier alpha value is 5.22. The molecule has 0 saturated carbocycles. The molecule has 0 bridgehead atoms. The van der Waals surface area contributed by atoms with Crippen LogP contribution < -0.4 is 67.0 Å². The monoisotopic (exact) mass is 308 g/mol. The number of hydrogen-bond donors (Lipinski definition) is 0. The molecule has 0 radical (unpaired) electrons. The molecule has 0 aromatic rings. The van der Waals surface area contributed by atoms with E-state index in [-0.39, 0.29) is 162 Å². The van der Waals surface area contributed by atoms with Gasteiger partial charge in [0.2, 0.25) is 0 Å². The van der Waals surface area contributed by atoms with E-state index in [9.17, 15) is 0 Å². The van der Waals surface area contributed by atoms with Crippen LogP contribution >= 0.6 is 0 Å². The molecule has 44 valence electrons. The van der Waals surface area contributed by atoms with Gasteiger partial charge in [0.05, 0.1) is 0 Å². The van der Waals surface area contributed by atoms with E-state index < -0.39 is 14.2 Å². The van der Waals surface area contributed by atoms with Crippen molar-refractivity contribution in [1.82, 2.24) is 0 Å². The first-order valence-corrected chi connectivity index (χ1v) is 4.27. The summed E-state index contributed by atoms with van der Waals surface area (Å²) in [6, 6.07) is 0. The van der Waals surface area contributed by atoms with Crippen LogP contribution in [0.15, 0.2) is 0 Å². The van der Waals surface area contributed by atoms with Crippen LogP contribution in [0.1, 0.15) is 0 Å². The topological polar surface area (TPSA) is 97.3 Å². The third-order valence-corrected chi connectivity index (χ3v) is 0. The van der Waals surface area contributed by atoms with Crippen molar-refractivity contribution in [2.75, 3.05) is 0 Å². The minimum atomic E-state index is -7.72. The molecule has 0 saturated heterocycles. The van der Waals surface area contributed by atoms with Crippen molar-refractivity contribution in [1.29, 1.82) is 0 Å². The van der Waals surface area contributed by atoms with Gasteiger partial charge < -0.3 is 0 Å². The van der Waals surface area contributed by atoms with Gasteiger partial charge in [-0.1, -0.05) is 0 Å². The summed E-state index contributed by atoms with van der Waals surface area (Å²) in [5.74, 6) is 0. The molecule has 0 amide bonds. The predicted octanol–water partition coefficient (Wildman–Crippen LogP) is -10.0. The first-order valence-electron chi connectivity index (χ1n) is 0.722. The summed E-state index contributed by atoms with van der Waals surface area (Å²) in [7, 11) is 0. The van der Waals surface area contributed by atoms with Crippen molar-refractivity contribution in [2.45, 2.75) is 0 Å². The van der Waals surface area contributed by atoms with Gasteiger partial charge in [-0.2, -0.15) is 0 Å². The van der Waals surface area contributed by atoms with E-state index in [4.69, 9.17) is 18.6 Å². The molecule has 0 aliphatic carbocycles. The molecule has 10 heavy (non-hydrogen) atoms. The van der Waals surface area contributed by atoms with Crippen LogP contribution in [0.4, 0.5) is 0 Å². The van der Waals surface area contributed by atoms with Crippen LogP contribution in [0, 0.1) is 0 Å². The van der Waals surface area contributed by atoms with Crippen molar-refractivity contribution >= 4 is 103 Å². The maximum absolute atomic E-state index is 8.64. The molecule has 0 atom stereocenters. The van der Waals surface area contributed by atoms with E-state index in [0.717, 1.165) is 0 Å². The second kappa shape index (κ2) is 10.7. The van der Waals surface area contributed by atoms with Gasteiger partial charge in [-0.3, -0.25) is 0 Å². The standard InChI is InChI=1S/2K.2Na.5O.Ru.2H/q;;2*+1;;;;2*-1;;;. The van der Waals surface area contributed by atoms with Crippen LogP contribution in [0.2, 0.25) is 0 Å². The van der Waals surface area contributed by atoms with Crippen LogP contribution in [-0.2, 0) is 24.9 Å². The van der Waals surface area contributed by atoms with Crippen LogP contribution in [0.3, 0.4) is 0 Å². The third kappa shape index (κ3) is 72.5. The van der Waals surface area contributed by atoms with Crippen molar-refractivity contribution in [3.63, 3.8) is 0 Å². The minimum absolute atomic E-state index is 0. The van der Waals surface area contributed by atoms with Gasteiger partial charge in [0, 0.05) is 0 Å². The Morgan fingerprint density at radius 2 is 0.800 bits per heavy atom. The molecule has 0 rings (SSSR count). The summed E-state index contributed by atoms with van der Waals surface area (Å²) < 4.78 is 43.2. The molecule has 0 aliphatic rings. The van der Waals surface area contributed by atoms with Gasteiger partial charge in [0.15, 0.2) is 0 Å². The van der Waals surface area contributed by atoms with Gasteiger partial charge in [-0.15, -0.1) is 0 Å². The Morgan fingerprint density at radius 1 is 0.800 bits per heavy atom. The normalized spacial score (nSPS) is 11.2. The number of rotatable bonds is 0. The van der Waals surface area contributed by atoms with Crippen molar-refractivity contribution in [3.8, 4) is 0 Å².